The summed E-state index contributed by atoms with van der Waals surface area (Å²) >= 11 is 0. The largest absolute Gasteiger partial charge is 0.376 e. The van der Waals surface area contributed by atoms with Crippen molar-refractivity contribution in [3.63, 3.8) is 0 Å². The van der Waals surface area contributed by atoms with Gasteiger partial charge in [-0.3, -0.25) is 4.99 Å². The van der Waals surface area contributed by atoms with Gasteiger partial charge in [0.2, 0.25) is 0 Å². The number of benzene rings is 1. The van der Waals surface area contributed by atoms with E-state index in [9.17, 15) is 0 Å². The molecule has 86 valence electrons. The van der Waals surface area contributed by atoms with Gasteiger partial charge >= 0.3 is 0 Å². The van der Waals surface area contributed by atoms with Crippen molar-refractivity contribution in [2.24, 2.45) is 4.99 Å². The van der Waals surface area contributed by atoms with Crippen LogP contribution < -0.4 is 0 Å². The molecule has 1 aliphatic rings. The first-order valence-corrected chi connectivity index (χ1v) is 6.10. The SMILES string of the molecule is CCCCO[C@@H]1C[C@H]1N=Cc1ccccc1. The summed E-state index contributed by atoms with van der Waals surface area (Å²) in [6.45, 7) is 3.07. The van der Waals surface area contributed by atoms with Crippen LogP contribution in [-0.4, -0.2) is 25.0 Å². The van der Waals surface area contributed by atoms with Crippen LogP contribution in [0.15, 0.2) is 35.3 Å². The molecule has 0 N–H and O–H groups in total. The van der Waals surface area contributed by atoms with Crippen LogP contribution in [0.2, 0.25) is 0 Å². The summed E-state index contributed by atoms with van der Waals surface area (Å²) in [6.07, 6.45) is 5.78. The highest BCUT2D eigenvalue weighted by atomic mass is 16.5. The summed E-state index contributed by atoms with van der Waals surface area (Å²) in [5.74, 6) is 0. The van der Waals surface area contributed by atoms with Crippen molar-refractivity contribution in [2.45, 2.75) is 38.3 Å². The lowest BCUT2D eigenvalue weighted by Crippen LogP contribution is -2.00. The molecule has 16 heavy (non-hydrogen) atoms. The first-order valence-electron chi connectivity index (χ1n) is 6.10. The van der Waals surface area contributed by atoms with Gasteiger partial charge < -0.3 is 4.74 Å². The van der Waals surface area contributed by atoms with Gasteiger partial charge in [-0.25, -0.2) is 0 Å². The molecular weight excluding hydrogens is 198 g/mol. The Hall–Kier alpha value is -1.15. The zero-order chi connectivity index (χ0) is 11.2. The minimum absolute atomic E-state index is 0.381. The molecule has 2 rings (SSSR count). The van der Waals surface area contributed by atoms with E-state index >= 15 is 0 Å². The Morgan fingerprint density at radius 2 is 2.19 bits per heavy atom. The second kappa shape index (κ2) is 5.80. The van der Waals surface area contributed by atoms with Gasteiger partial charge in [0.25, 0.3) is 0 Å². The quantitative estimate of drug-likeness (QED) is 0.530. The highest BCUT2D eigenvalue weighted by Crippen LogP contribution is 2.29. The van der Waals surface area contributed by atoms with E-state index in [4.69, 9.17) is 4.74 Å². The molecule has 1 aromatic carbocycles. The van der Waals surface area contributed by atoms with Crippen LogP contribution in [0.3, 0.4) is 0 Å². The van der Waals surface area contributed by atoms with E-state index in [1.54, 1.807) is 0 Å². The summed E-state index contributed by atoms with van der Waals surface area (Å²) in [6, 6.07) is 10.6. The van der Waals surface area contributed by atoms with Gasteiger partial charge in [-0.1, -0.05) is 43.7 Å². The van der Waals surface area contributed by atoms with Gasteiger partial charge in [-0.05, 0) is 12.0 Å². The monoisotopic (exact) mass is 217 g/mol. The molecule has 0 aromatic heterocycles. The normalized spacial score (nSPS) is 23.8. The fourth-order valence-electron chi connectivity index (χ4n) is 1.60. The maximum absolute atomic E-state index is 5.68. The molecule has 1 aliphatic carbocycles. The highest BCUT2D eigenvalue weighted by molar-refractivity contribution is 5.79. The zero-order valence-corrected chi connectivity index (χ0v) is 9.80. The predicted octanol–water partition coefficient (Wildman–Crippen LogP) is 3.06. The lowest BCUT2D eigenvalue weighted by atomic mass is 10.2. The zero-order valence-electron chi connectivity index (χ0n) is 9.80. The van der Waals surface area contributed by atoms with Crippen LogP contribution in [0.4, 0.5) is 0 Å². The number of aliphatic imine (C=N–C) groups is 1. The number of unbranched alkanes of at least 4 members (excludes halogenated alkanes) is 1. The van der Waals surface area contributed by atoms with Gasteiger partial charge in [0.05, 0.1) is 12.1 Å². The van der Waals surface area contributed by atoms with Crippen LogP contribution in [-0.2, 0) is 4.74 Å². The van der Waals surface area contributed by atoms with E-state index in [2.05, 4.69) is 24.0 Å². The Morgan fingerprint density at radius 3 is 2.94 bits per heavy atom. The first kappa shape index (κ1) is 11.3. The van der Waals surface area contributed by atoms with Gasteiger partial charge in [-0.15, -0.1) is 0 Å². The third-order valence-corrected chi connectivity index (χ3v) is 2.74. The molecule has 1 fully saturated rings. The van der Waals surface area contributed by atoms with Crippen LogP contribution >= 0.6 is 0 Å². The van der Waals surface area contributed by atoms with E-state index < -0.39 is 0 Å². The molecular formula is C14H19NO. The molecule has 0 amide bonds. The maximum atomic E-state index is 5.68. The molecule has 1 saturated carbocycles. The van der Waals surface area contributed by atoms with E-state index in [1.165, 1.54) is 12.0 Å². The molecule has 0 aliphatic heterocycles. The van der Waals surface area contributed by atoms with E-state index in [-0.39, 0.29) is 0 Å². The van der Waals surface area contributed by atoms with Crippen LogP contribution in [0, 0.1) is 0 Å². The van der Waals surface area contributed by atoms with Crippen molar-refractivity contribution in [1.29, 1.82) is 0 Å². The second-order valence-corrected chi connectivity index (χ2v) is 4.25. The summed E-state index contributed by atoms with van der Waals surface area (Å²) in [5.41, 5.74) is 1.17. The third kappa shape index (κ3) is 3.46. The minimum Gasteiger partial charge on any atom is -0.376 e. The minimum atomic E-state index is 0.381. The number of nitrogens with zero attached hydrogens (tertiary/aromatic N) is 1. The van der Waals surface area contributed by atoms with E-state index in [1.807, 2.05) is 24.4 Å². The molecule has 2 heteroatoms. The average Bonchev–Trinajstić information content (AvgIpc) is 3.07. The van der Waals surface area contributed by atoms with E-state index in [0.717, 1.165) is 19.4 Å². The molecule has 0 spiro atoms. The Bertz CT molecular complexity index is 334. The number of hydrogen-bond donors (Lipinski definition) is 0. The molecule has 0 saturated heterocycles. The van der Waals surface area contributed by atoms with Crippen molar-refractivity contribution < 1.29 is 4.74 Å². The van der Waals surface area contributed by atoms with Crippen molar-refractivity contribution in [3.05, 3.63) is 35.9 Å². The molecule has 0 unspecified atom stereocenters. The van der Waals surface area contributed by atoms with Gasteiger partial charge in [-0.2, -0.15) is 0 Å². The number of rotatable bonds is 6. The first-order chi connectivity index (χ1) is 7.90. The highest BCUT2D eigenvalue weighted by Gasteiger charge is 2.37. The summed E-state index contributed by atoms with van der Waals surface area (Å²) < 4.78 is 5.68. The standard InChI is InChI=1S/C14H19NO/c1-2-3-9-16-14-10-13(14)15-11-12-7-5-4-6-8-12/h4-8,11,13-14H,2-3,9-10H2,1H3/t13-,14-/m1/s1. The summed E-state index contributed by atoms with van der Waals surface area (Å²) in [7, 11) is 0. The fourth-order valence-corrected chi connectivity index (χ4v) is 1.60. The number of ether oxygens (including phenoxy) is 1. The third-order valence-electron chi connectivity index (χ3n) is 2.74. The molecule has 0 radical (unpaired) electrons. The van der Waals surface area contributed by atoms with Crippen LogP contribution in [0.25, 0.3) is 0 Å². The Balaban J connectivity index is 1.70. The van der Waals surface area contributed by atoms with Gasteiger partial charge in [0, 0.05) is 19.2 Å². The predicted molar refractivity (Wildman–Crippen MR) is 67.1 cm³/mol. The fraction of sp³-hybridized carbons (Fsp3) is 0.500. The molecule has 0 heterocycles. The van der Waals surface area contributed by atoms with Gasteiger partial charge in [0.15, 0.2) is 0 Å². The van der Waals surface area contributed by atoms with E-state index in [0.29, 0.717) is 12.1 Å². The lowest BCUT2D eigenvalue weighted by molar-refractivity contribution is 0.113. The Morgan fingerprint density at radius 1 is 1.38 bits per heavy atom. The molecule has 2 atom stereocenters. The Kier molecular flexibility index (Phi) is 4.11. The molecule has 0 bridgehead atoms. The molecule has 1 aromatic rings. The van der Waals surface area contributed by atoms with Gasteiger partial charge in [0.1, 0.15) is 0 Å². The maximum Gasteiger partial charge on any atom is 0.0820 e. The van der Waals surface area contributed by atoms with Crippen molar-refractivity contribution in [3.8, 4) is 0 Å². The lowest BCUT2D eigenvalue weighted by Gasteiger charge is -1.99. The molecule has 2 nitrogen and oxygen atoms in total. The summed E-state index contributed by atoms with van der Waals surface area (Å²) in [5, 5.41) is 0. The smallest absolute Gasteiger partial charge is 0.0820 e. The Labute approximate surface area is 97.4 Å². The van der Waals surface area contributed by atoms with Crippen LogP contribution in [0.1, 0.15) is 31.7 Å². The second-order valence-electron chi connectivity index (χ2n) is 4.25. The van der Waals surface area contributed by atoms with Crippen LogP contribution in [0.5, 0.6) is 0 Å². The number of hydrogen-bond acceptors (Lipinski definition) is 2. The topological polar surface area (TPSA) is 21.6 Å². The van der Waals surface area contributed by atoms with Crippen molar-refractivity contribution >= 4 is 6.21 Å². The van der Waals surface area contributed by atoms with Crippen molar-refractivity contribution in [1.82, 2.24) is 0 Å². The summed E-state index contributed by atoms with van der Waals surface area (Å²) in [4.78, 5) is 4.52. The average molecular weight is 217 g/mol. The van der Waals surface area contributed by atoms with Crippen molar-refractivity contribution in [2.75, 3.05) is 6.61 Å².